The molecule has 23 heavy (non-hydrogen) atoms. The van der Waals surface area contributed by atoms with Gasteiger partial charge >= 0.3 is 0 Å². The molecular weight excluding hydrogens is 308 g/mol. The van der Waals surface area contributed by atoms with Crippen molar-refractivity contribution >= 4 is 28.2 Å². The predicted octanol–water partition coefficient (Wildman–Crippen LogP) is 4.45. The number of halogens is 1. The predicted molar refractivity (Wildman–Crippen MR) is 96.5 cm³/mol. The highest BCUT2D eigenvalue weighted by atomic mass is 35.5. The highest BCUT2D eigenvalue weighted by molar-refractivity contribution is 6.31. The van der Waals surface area contributed by atoms with Gasteiger partial charge in [-0.05, 0) is 36.6 Å². The van der Waals surface area contributed by atoms with Crippen LogP contribution in [0.15, 0.2) is 53.3 Å². The molecule has 0 amide bonds. The molecule has 2 aromatic carbocycles. The molecule has 1 fully saturated rings. The van der Waals surface area contributed by atoms with Gasteiger partial charge in [0.15, 0.2) is 0 Å². The standard InChI is InChI=1S/C19H17ClN2O/c20-14-8-9-16-15(12-14)17(13-6-2-1-3-7-13)18(19(23)21-16)22-10-4-5-11-22/h1-3,6-9,12H,4-5,10-11H2,(H,21,23). The van der Waals surface area contributed by atoms with Crippen LogP contribution in [0.1, 0.15) is 12.8 Å². The lowest BCUT2D eigenvalue weighted by Crippen LogP contribution is -2.26. The lowest BCUT2D eigenvalue weighted by Gasteiger charge is -2.22. The Balaban J connectivity index is 2.10. The summed E-state index contributed by atoms with van der Waals surface area (Å²) in [7, 11) is 0. The first-order valence-corrected chi connectivity index (χ1v) is 8.28. The molecule has 0 spiro atoms. The van der Waals surface area contributed by atoms with Crippen molar-refractivity contribution in [2.45, 2.75) is 12.8 Å². The van der Waals surface area contributed by atoms with Gasteiger partial charge < -0.3 is 9.88 Å². The fourth-order valence-corrected chi connectivity index (χ4v) is 3.57. The molecule has 0 saturated carbocycles. The summed E-state index contributed by atoms with van der Waals surface area (Å²) < 4.78 is 0. The van der Waals surface area contributed by atoms with Gasteiger partial charge in [-0.1, -0.05) is 41.9 Å². The number of nitrogens with one attached hydrogen (secondary N) is 1. The molecule has 3 nitrogen and oxygen atoms in total. The minimum atomic E-state index is -0.0272. The summed E-state index contributed by atoms with van der Waals surface area (Å²) >= 11 is 6.22. The molecule has 1 saturated heterocycles. The minimum Gasteiger partial charge on any atom is -0.367 e. The van der Waals surface area contributed by atoms with Crippen LogP contribution < -0.4 is 10.5 Å². The van der Waals surface area contributed by atoms with Gasteiger partial charge in [-0.15, -0.1) is 0 Å². The SMILES string of the molecule is O=c1[nH]c2ccc(Cl)cc2c(-c2ccccc2)c1N1CCCC1. The normalized spacial score (nSPS) is 14.6. The summed E-state index contributed by atoms with van der Waals surface area (Å²) in [6.45, 7) is 1.85. The van der Waals surface area contributed by atoms with Crippen molar-refractivity contribution in [3.63, 3.8) is 0 Å². The molecule has 116 valence electrons. The van der Waals surface area contributed by atoms with Crippen molar-refractivity contribution in [2.75, 3.05) is 18.0 Å². The molecule has 4 rings (SSSR count). The lowest BCUT2D eigenvalue weighted by atomic mass is 9.99. The molecule has 0 bridgehead atoms. The van der Waals surface area contributed by atoms with Crippen LogP contribution >= 0.6 is 11.6 Å². The van der Waals surface area contributed by atoms with Crippen LogP contribution in [0, 0.1) is 0 Å². The number of fused-ring (bicyclic) bond motifs is 1. The summed E-state index contributed by atoms with van der Waals surface area (Å²) in [6, 6.07) is 15.7. The number of pyridine rings is 1. The zero-order chi connectivity index (χ0) is 15.8. The Bertz CT molecular complexity index is 912. The van der Waals surface area contributed by atoms with Crippen molar-refractivity contribution in [1.82, 2.24) is 4.98 Å². The average molecular weight is 325 g/mol. The molecule has 2 heterocycles. The zero-order valence-corrected chi connectivity index (χ0v) is 13.4. The number of hydrogen-bond acceptors (Lipinski definition) is 2. The highest BCUT2D eigenvalue weighted by Gasteiger charge is 2.22. The van der Waals surface area contributed by atoms with Crippen LogP contribution in [0.5, 0.6) is 0 Å². The van der Waals surface area contributed by atoms with Crippen LogP contribution in [0.2, 0.25) is 5.02 Å². The van der Waals surface area contributed by atoms with E-state index < -0.39 is 0 Å². The summed E-state index contributed by atoms with van der Waals surface area (Å²) in [5.41, 5.74) is 3.59. The topological polar surface area (TPSA) is 36.1 Å². The maximum atomic E-state index is 12.8. The second-order valence-electron chi connectivity index (χ2n) is 5.93. The van der Waals surface area contributed by atoms with Crippen LogP contribution in [0.25, 0.3) is 22.0 Å². The fourth-order valence-electron chi connectivity index (χ4n) is 3.39. The van der Waals surface area contributed by atoms with Crippen LogP contribution in [-0.4, -0.2) is 18.1 Å². The first-order chi connectivity index (χ1) is 11.2. The van der Waals surface area contributed by atoms with Gasteiger partial charge in [-0.2, -0.15) is 0 Å². The molecule has 4 heteroatoms. The van der Waals surface area contributed by atoms with Gasteiger partial charge in [0.25, 0.3) is 5.56 Å². The van der Waals surface area contributed by atoms with Crippen molar-refractivity contribution in [2.24, 2.45) is 0 Å². The van der Waals surface area contributed by atoms with E-state index in [1.807, 2.05) is 36.4 Å². The molecule has 0 radical (unpaired) electrons. The molecule has 1 aliphatic rings. The number of H-pyrrole nitrogens is 1. The molecule has 1 aromatic heterocycles. The largest absolute Gasteiger partial charge is 0.367 e. The smallest absolute Gasteiger partial charge is 0.272 e. The van der Waals surface area contributed by atoms with Crippen molar-refractivity contribution < 1.29 is 0 Å². The van der Waals surface area contributed by atoms with Gasteiger partial charge in [0.05, 0.1) is 0 Å². The number of aromatic amines is 1. The number of aromatic nitrogens is 1. The van der Waals surface area contributed by atoms with E-state index in [-0.39, 0.29) is 5.56 Å². The second kappa shape index (κ2) is 5.74. The zero-order valence-electron chi connectivity index (χ0n) is 12.7. The molecule has 0 unspecified atom stereocenters. The third-order valence-corrected chi connectivity index (χ3v) is 4.67. The van der Waals surface area contributed by atoms with Crippen LogP contribution in [0.3, 0.4) is 0 Å². The Kier molecular flexibility index (Phi) is 3.58. The quantitative estimate of drug-likeness (QED) is 0.756. The fraction of sp³-hybridized carbons (Fsp3) is 0.211. The number of benzene rings is 2. The van der Waals surface area contributed by atoms with Crippen molar-refractivity contribution in [3.8, 4) is 11.1 Å². The van der Waals surface area contributed by atoms with E-state index >= 15 is 0 Å². The van der Waals surface area contributed by atoms with E-state index in [1.54, 1.807) is 0 Å². The maximum Gasteiger partial charge on any atom is 0.272 e. The first kappa shape index (κ1) is 14.3. The van der Waals surface area contributed by atoms with Crippen molar-refractivity contribution in [1.29, 1.82) is 0 Å². The van der Waals surface area contributed by atoms with E-state index in [1.165, 1.54) is 0 Å². The van der Waals surface area contributed by atoms with Gasteiger partial charge in [0, 0.05) is 34.6 Å². The third-order valence-electron chi connectivity index (χ3n) is 4.44. The Hall–Kier alpha value is -2.26. The summed E-state index contributed by atoms with van der Waals surface area (Å²) in [5.74, 6) is 0. The monoisotopic (exact) mass is 324 g/mol. The Morgan fingerprint density at radius 3 is 2.48 bits per heavy atom. The Morgan fingerprint density at radius 2 is 1.74 bits per heavy atom. The Morgan fingerprint density at radius 1 is 1.00 bits per heavy atom. The average Bonchev–Trinajstić information content (AvgIpc) is 3.09. The summed E-state index contributed by atoms with van der Waals surface area (Å²) in [6.07, 6.45) is 2.25. The molecular formula is C19H17ClN2O. The van der Waals surface area contributed by atoms with E-state index in [0.717, 1.165) is 53.6 Å². The second-order valence-corrected chi connectivity index (χ2v) is 6.36. The summed E-state index contributed by atoms with van der Waals surface area (Å²) in [4.78, 5) is 18.0. The molecule has 0 aliphatic carbocycles. The van der Waals surface area contributed by atoms with Crippen molar-refractivity contribution in [3.05, 3.63) is 63.9 Å². The van der Waals surface area contributed by atoms with Crippen LogP contribution in [-0.2, 0) is 0 Å². The first-order valence-electron chi connectivity index (χ1n) is 7.90. The third kappa shape index (κ3) is 2.51. The lowest BCUT2D eigenvalue weighted by molar-refractivity contribution is 0.949. The van der Waals surface area contributed by atoms with E-state index in [0.29, 0.717) is 5.02 Å². The number of anilines is 1. The number of hydrogen-bond donors (Lipinski definition) is 1. The van der Waals surface area contributed by atoms with Gasteiger partial charge in [0.2, 0.25) is 0 Å². The van der Waals surface area contributed by atoms with E-state index in [2.05, 4.69) is 22.0 Å². The van der Waals surface area contributed by atoms with E-state index in [9.17, 15) is 4.79 Å². The molecule has 1 N–H and O–H groups in total. The van der Waals surface area contributed by atoms with Gasteiger partial charge in [-0.25, -0.2) is 0 Å². The maximum absolute atomic E-state index is 12.8. The highest BCUT2D eigenvalue weighted by Crippen LogP contribution is 2.36. The number of nitrogens with zero attached hydrogens (tertiary/aromatic N) is 1. The summed E-state index contributed by atoms with van der Waals surface area (Å²) in [5, 5.41) is 1.67. The van der Waals surface area contributed by atoms with Gasteiger partial charge in [-0.3, -0.25) is 4.79 Å². The van der Waals surface area contributed by atoms with Gasteiger partial charge in [0.1, 0.15) is 5.69 Å². The number of rotatable bonds is 2. The molecule has 0 atom stereocenters. The molecule has 3 aromatic rings. The minimum absolute atomic E-state index is 0.0272. The molecule has 1 aliphatic heterocycles. The van der Waals surface area contributed by atoms with Crippen LogP contribution in [0.4, 0.5) is 5.69 Å². The van der Waals surface area contributed by atoms with E-state index in [4.69, 9.17) is 11.6 Å². The Labute approximate surface area is 139 Å².